The molecule has 1 aliphatic heterocycles. The van der Waals surface area contributed by atoms with E-state index in [1.807, 2.05) is 48.2 Å². The summed E-state index contributed by atoms with van der Waals surface area (Å²) >= 11 is 0. The van der Waals surface area contributed by atoms with Gasteiger partial charge in [-0.25, -0.2) is 4.79 Å². The minimum absolute atomic E-state index is 0.0137. The standard InChI is InChI=1S/C18H23N3O3/c1-13-11-15(20-24-13)16-9-6-10-21(16)18(22)19-12-17(23-2)14-7-4-3-5-8-14/h3-5,7-8,11,16-17H,6,9-10,12H2,1-2H3,(H,19,22). The first-order chi connectivity index (χ1) is 11.7. The molecule has 2 heterocycles. The minimum Gasteiger partial charge on any atom is -0.375 e. The molecule has 0 bridgehead atoms. The number of amides is 2. The van der Waals surface area contributed by atoms with Crippen LogP contribution in [0.15, 0.2) is 40.9 Å². The Morgan fingerprint density at radius 3 is 2.92 bits per heavy atom. The first-order valence-corrected chi connectivity index (χ1v) is 8.24. The van der Waals surface area contributed by atoms with E-state index in [0.717, 1.165) is 36.4 Å². The van der Waals surface area contributed by atoms with Crippen molar-refractivity contribution in [3.63, 3.8) is 0 Å². The lowest BCUT2D eigenvalue weighted by molar-refractivity contribution is 0.101. The van der Waals surface area contributed by atoms with Crippen LogP contribution in [0.5, 0.6) is 0 Å². The predicted octanol–water partition coefficient (Wildman–Crippen LogP) is 3.22. The van der Waals surface area contributed by atoms with Crippen LogP contribution in [0.25, 0.3) is 0 Å². The summed E-state index contributed by atoms with van der Waals surface area (Å²) in [4.78, 5) is 14.4. The fourth-order valence-electron chi connectivity index (χ4n) is 3.15. The average molecular weight is 329 g/mol. The number of nitrogens with one attached hydrogen (secondary N) is 1. The smallest absolute Gasteiger partial charge is 0.318 e. The van der Waals surface area contributed by atoms with Gasteiger partial charge in [0.1, 0.15) is 11.5 Å². The van der Waals surface area contributed by atoms with Gasteiger partial charge in [-0.3, -0.25) is 0 Å². The quantitative estimate of drug-likeness (QED) is 0.914. The zero-order valence-corrected chi connectivity index (χ0v) is 14.1. The second-order valence-corrected chi connectivity index (χ2v) is 6.03. The van der Waals surface area contributed by atoms with Crippen molar-refractivity contribution in [2.75, 3.05) is 20.2 Å². The zero-order valence-electron chi connectivity index (χ0n) is 14.1. The van der Waals surface area contributed by atoms with Gasteiger partial charge >= 0.3 is 6.03 Å². The number of methoxy groups -OCH3 is 1. The van der Waals surface area contributed by atoms with E-state index in [2.05, 4.69) is 10.5 Å². The summed E-state index contributed by atoms with van der Waals surface area (Å²) in [5, 5.41) is 7.05. The summed E-state index contributed by atoms with van der Waals surface area (Å²) in [7, 11) is 1.65. The molecule has 2 amide bonds. The highest BCUT2D eigenvalue weighted by Gasteiger charge is 2.32. The second kappa shape index (κ2) is 7.49. The van der Waals surface area contributed by atoms with Crippen LogP contribution in [0.1, 0.15) is 42.0 Å². The van der Waals surface area contributed by atoms with Gasteiger partial charge in [-0.1, -0.05) is 35.5 Å². The number of carbonyl (C=O) groups is 1. The van der Waals surface area contributed by atoms with E-state index in [9.17, 15) is 4.79 Å². The topological polar surface area (TPSA) is 67.6 Å². The van der Waals surface area contributed by atoms with Gasteiger partial charge in [0.15, 0.2) is 0 Å². The Morgan fingerprint density at radius 1 is 1.46 bits per heavy atom. The van der Waals surface area contributed by atoms with Crippen molar-refractivity contribution in [2.45, 2.75) is 31.9 Å². The third-order valence-corrected chi connectivity index (χ3v) is 4.40. The number of benzene rings is 1. The molecule has 2 aromatic rings. The molecule has 24 heavy (non-hydrogen) atoms. The van der Waals surface area contributed by atoms with Crippen LogP contribution in [0, 0.1) is 6.92 Å². The Bertz CT molecular complexity index is 671. The Balaban J connectivity index is 1.61. The normalized spacial score (nSPS) is 18.6. The first-order valence-electron chi connectivity index (χ1n) is 8.24. The van der Waals surface area contributed by atoms with Crippen molar-refractivity contribution >= 4 is 6.03 Å². The molecule has 2 unspecified atom stereocenters. The van der Waals surface area contributed by atoms with Crippen LogP contribution in [0.4, 0.5) is 4.79 Å². The molecule has 128 valence electrons. The summed E-state index contributed by atoms with van der Waals surface area (Å²) in [6, 6.07) is 11.7. The highest BCUT2D eigenvalue weighted by atomic mass is 16.5. The van der Waals surface area contributed by atoms with Crippen molar-refractivity contribution in [1.29, 1.82) is 0 Å². The van der Waals surface area contributed by atoms with Crippen LogP contribution < -0.4 is 5.32 Å². The average Bonchev–Trinajstić information content (AvgIpc) is 3.25. The summed E-state index contributed by atoms with van der Waals surface area (Å²) in [5.41, 5.74) is 1.87. The Labute approximate surface area is 141 Å². The van der Waals surface area contributed by atoms with E-state index < -0.39 is 0 Å². The second-order valence-electron chi connectivity index (χ2n) is 6.03. The predicted molar refractivity (Wildman–Crippen MR) is 89.5 cm³/mol. The summed E-state index contributed by atoms with van der Waals surface area (Å²) in [5.74, 6) is 0.765. The van der Waals surface area contributed by atoms with Crippen molar-refractivity contribution in [1.82, 2.24) is 15.4 Å². The molecule has 2 atom stereocenters. The van der Waals surface area contributed by atoms with E-state index in [4.69, 9.17) is 9.26 Å². The number of carbonyl (C=O) groups excluding carboxylic acids is 1. The number of ether oxygens (including phenoxy) is 1. The lowest BCUT2D eigenvalue weighted by Crippen LogP contribution is -2.41. The van der Waals surface area contributed by atoms with Crippen LogP contribution in [0.3, 0.4) is 0 Å². The Kier molecular flexibility index (Phi) is 5.15. The van der Waals surface area contributed by atoms with E-state index in [1.165, 1.54) is 0 Å². The molecule has 0 radical (unpaired) electrons. The summed E-state index contributed by atoms with van der Waals surface area (Å²) in [6.45, 7) is 3.02. The van der Waals surface area contributed by atoms with Gasteiger partial charge < -0.3 is 19.5 Å². The molecule has 3 rings (SSSR count). The fraction of sp³-hybridized carbons (Fsp3) is 0.444. The Morgan fingerprint density at radius 2 is 2.25 bits per heavy atom. The maximum atomic E-state index is 12.6. The summed E-state index contributed by atoms with van der Waals surface area (Å²) < 4.78 is 10.7. The molecule has 1 aliphatic rings. The lowest BCUT2D eigenvalue weighted by atomic mass is 10.1. The molecule has 0 saturated carbocycles. The molecule has 0 aliphatic carbocycles. The van der Waals surface area contributed by atoms with E-state index >= 15 is 0 Å². The van der Waals surface area contributed by atoms with Gasteiger partial charge in [0.2, 0.25) is 0 Å². The minimum atomic E-state index is -0.162. The van der Waals surface area contributed by atoms with Gasteiger partial charge in [-0.15, -0.1) is 0 Å². The molecular weight excluding hydrogens is 306 g/mol. The van der Waals surface area contributed by atoms with E-state index in [-0.39, 0.29) is 18.2 Å². The number of aromatic nitrogens is 1. The molecule has 1 aromatic carbocycles. The number of urea groups is 1. The highest BCUT2D eigenvalue weighted by molar-refractivity contribution is 5.75. The van der Waals surface area contributed by atoms with Gasteiger partial charge in [0.25, 0.3) is 0 Å². The van der Waals surface area contributed by atoms with Gasteiger partial charge in [0, 0.05) is 26.3 Å². The fourth-order valence-corrected chi connectivity index (χ4v) is 3.15. The monoisotopic (exact) mass is 329 g/mol. The van der Waals surface area contributed by atoms with Gasteiger partial charge in [-0.05, 0) is 25.3 Å². The summed E-state index contributed by atoms with van der Waals surface area (Å²) in [6.07, 6.45) is 1.72. The van der Waals surface area contributed by atoms with Crippen LogP contribution in [-0.4, -0.2) is 36.3 Å². The third-order valence-electron chi connectivity index (χ3n) is 4.40. The number of rotatable bonds is 5. The zero-order chi connectivity index (χ0) is 16.9. The van der Waals surface area contributed by atoms with Crippen LogP contribution >= 0.6 is 0 Å². The number of likely N-dealkylation sites (tertiary alicyclic amines) is 1. The molecular formula is C18H23N3O3. The lowest BCUT2D eigenvalue weighted by Gasteiger charge is -2.25. The van der Waals surface area contributed by atoms with E-state index in [1.54, 1.807) is 7.11 Å². The van der Waals surface area contributed by atoms with Gasteiger partial charge in [0.05, 0.1) is 12.1 Å². The molecule has 1 saturated heterocycles. The maximum Gasteiger partial charge on any atom is 0.318 e. The molecule has 1 aromatic heterocycles. The first kappa shape index (κ1) is 16.5. The number of nitrogens with zero attached hydrogens (tertiary/aromatic N) is 2. The Hall–Kier alpha value is -2.34. The van der Waals surface area contributed by atoms with E-state index in [0.29, 0.717) is 6.54 Å². The molecule has 1 N–H and O–H groups in total. The maximum absolute atomic E-state index is 12.6. The number of hydrogen-bond donors (Lipinski definition) is 1. The number of hydrogen-bond acceptors (Lipinski definition) is 4. The molecule has 6 heteroatoms. The number of aryl methyl sites for hydroxylation is 1. The van der Waals surface area contributed by atoms with Crippen molar-refractivity contribution in [3.05, 3.63) is 53.4 Å². The molecule has 6 nitrogen and oxygen atoms in total. The molecule has 0 spiro atoms. The molecule has 1 fully saturated rings. The van der Waals surface area contributed by atoms with Crippen molar-refractivity contribution < 1.29 is 14.1 Å². The highest BCUT2D eigenvalue weighted by Crippen LogP contribution is 2.31. The van der Waals surface area contributed by atoms with Crippen molar-refractivity contribution in [2.24, 2.45) is 0 Å². The van der Waals surface area contributed by atoms with Crippen LogP contribution in [0.2, 0.25) is 0 Å². The largest absolute Gasteiger partial charge is 0.375 e. The van der Waals surface area contributed by atoms with Crippen molar-refractivity contribution in [3.8, 4) is 0 Å². The van der Waals surface area contributed by atoms with Crippen LogP contribution in [-0.2, 0) is 4.74 Å². The SMILES string of the molecule is COC(CNC(=O)N1CCCC1c1cc(C)on1)c1ccccc1. The third kappa shape index (κ3) is 3.59. The van der Waals surface area contributed by atoms with Gasteiger partial charge in [-0.2, -0.15) is 0 Å².